The zero-order chi connectivity index (χ0) is 73.8. The summed E-state index contributed by atoms with van der Waals surface area (Å²) in [5.41, 5.74) is -3.54. The van der Waals surface area contributed by atoms with Crippen LogP contribution in [0.25, 0.3) is 0 Å². The Morgan fingerprint density at radius 1 is 0.588 bits per heavy atom. The molecule has 1 unspecified atom stereocenters. The van der Waals surface area contributed by atoms with Gasteiger partial charge in [-0.2, -0.15) is 26.3 Å². The zero-order valence-corrected chi connectivity index (χ0v) is 59.8. The number of benzene rings is 2. The lowest BCUT2D eigenvalue weighted by Gasteiger charge is -2.45. The van der Waals surface area contributed by atoms with Gasteiger partial charge in [-0.3, -0.25) is 52.7 Å². The summed E-state index contributed by atoms with van der Waals surface area (Å²) in [6, 6.07) is -4.73. The van der Waals surface area contributed by atoms with E-state index in [9.17, 15) is 79.1 Å². The first-order chi connectivity index (χ1) is 44.8. The molecule has 2 aromatic rings. The van der Waals surface area contributed by atoms with Crippen LogP contribution in [0.4, 0.5) is 26.3 Å². The molecule has 2 heterocycles. The first-order valence-corrected chi connectivity index (χ1v) is 33.3. The number of hydrogen-bond donors (Lipinski definition) is 4. The number of amides is 11. The predicted molar refractivity (Wildman–Crippen MR) is 352 cm³/mol. The fourth-order valence-corrected chi connectivity index (χ4v) is 11.8. The van der Waals surface area contributed by atoms with Crippen molar-refractivity contribution in [2.24, 2.45) is 23.7 Å². The summed E-state index contributed by atoms with van der Waals surface area (Å²) >= 11 is 6.08. The molecular formula is C68H100ClF6N11O11. The monoisotopic (exact) mass is 1400 g/mol. The average Bonchev–Trinajstić information content (AvgIpc) is 0.785. The highest BCUT2D eigenvalue weighted by Gasteiger charge is 2.47. The number of rotatable bonds is 13. The summed E-state index contributed by atoms with van der Waals surface area (Å²) in [6.45, 7) is 19.5. The minimum Gasteiger partial charge on any atom is -0.343 e. The quantitative estimate of drug-likeness (QED) is 0.153. The first kappa shape index (κ1) is 81.9. The second-order valence-electron chi connectivity index (χ2n) is 27.8. The summed E-state index contributed by atoms with van der Waals surface area (Å²) < 4.78 is 82.7. The number of fused-ring (bicyclic) bond motifs is 1. The Hall–Kier alpha value is -7.52. The normalized spacial score (nSPS) is 25.1. The summed E-state index contributed by atoms with van der Waals surface area (Å²) in [5, 5.41) is 10.3. The molecule has 0 bridgehead atoms. The van der Waals surface area contributed by atoms with E-state index in [0.29, 0.717) is 6.42 Å². The number of aryl methyl sites for hydroxylation is 1. The van der Waals surface area contributed by atoms with Crippen LogP contribution in [0.1, 0.15) is 150 Å². The molecule has 0 spiro atoms. The van der Waals surface area contributed by atoms with Gasteiger partial charge < -0.3 is 55.6 Å². The van der Waals surface area contributed by atoms with Gasteiger partial charge in [0.2, 0.25) is 65.0 Å². The van der Waals surface area contributed by atoms with Crippen molar-refractivity contribution in [2.75, 3.05) is 55.4 Å². The molecule has 29 heteroatoms. The molecular weight excluding hydrogens is 1300 g/mol. The van der Waals surface area contributed by atoms with Crippen LogP contribution in [0.15, 0.2) is 42.5 Å². The fraction of sp³-hybridized carbons (Fsp3) is 0.662. The highest BCUT2D eigenvalue weighted by atomic mass is 35.5. The van der Waals surface area contributed by atoms with E-state index in [4.69, 9.17) is 11.6 Å². The van der Waals surface area contributed by atoms with Crippen LogP contribution in [0, 0.1) is 23.7 Å². The molecule has 542 valence electrons. The lowest BCUT2D eigenvalue weighted by molar-refractivity contribution is -0.160. The van der Waals surface area contributed by atoms with E-state index >= 15 is 0 Å². The summed E-state index contributed by atoms with van der Waals surface area (Å²) in [4.78, 5) is 169. The Morgan fingerprint density at radius 2 is 1.14 bits per heavy atom. The van der Waals surface area contributed by atoms with Crippen molar-refractivity contribution in [3.05, 3.63) is 69.7 Å². The van der Waals surface area contributed by atoms with Gasteiger partial charge in [-0.05, 0) is 125 Å². The molecule has 2 fully saturated rings. The average molecular weight is 1400 g/mol. The van der Waals surface area contributed by atoms with E-state index in [0.717, 1.165) is 62.1 Å². The Kier molecular flexibility index (Phi) is 29.0. The van der Waals surface area contributed by atoms with Crippen molar-refractivity contribution in [3.8, 4) is 0 Å². The lowest BCUT2D eigenvalue weighted by Crippen LogP contribution is -2.65. The Morgan fingerprint density at radius 3 is 1.65 bits per heavy atom. The third-order valence-corrected chi connectivity index (χ3v) is 18.9. The highest BCUT2D eigenvalue weighted by Crippen LogP contribution is 2.36. The molecule has 10 atom stereocenters. The maximum Gasteiger partial charge on any atom is 0.417 e. The number of carbonyl (C=O) groups is 11. The van der Waals surface area contributed by atoms with Gasteiger partial charge in [0.25, 0.3) is 0 Å². The summed E-state index contributed by atoms with van der Waals surface area (Å²) in [7, 11) is 8.01. The van der Waals surface area contributed by atoms with Gasteiger partial charge in [0, 0.05) is 67.7 Å². The first-order valence-electron chi connectivity index (χ1n) is 32.9. The van der Waals surface area contributed by atoms with Gasteiger partial charge in [-0.15, -0.1) is 0 Å². The van der Waals surface area contributed by atoms with Crippen molar-refractivity contribution in [1.82, 2.24) is 55.6 Å². The molecule has 97 heavy (non-hydrogen) atoms. The third kappa shape index (κ3) is 21.5. The molecule has 2 aromatic carbocycles. The van der Waals surface area contributed by atoms with E-state index in [-0.39, 0.29) is 80.4 Å². The minimum absolute atomic E-state index is 0.0230. The van der Waals surface area contributed by atoms with E-state index < -0.39 is 172 Å². The van der Waals surface area contributed by atoms with Crippen LogP contribution in [-0.2, 0) is 77.9 Å². The van der Waals surface area contributed by atoms with Crippen molar-refractivity contribution >= 4 is 76.6 Å². The van der Waals surface area contributed by atoms with Crippen molar-refractivity contribution in [1.29, 1.82) is 0 Å². The number of nitrogens with one attached hydrogen (secondary N) is 4. The second-order valence-corrected chi connectivity index (χ2v) is 28.2. The topological polar surface area (TPSA) is 259 Å². The number of nitrogens with zero attached hydrogens (tertiary/aromatic N) is 7. The number of likely N-dealkylation sites (N-methyl/N-ethyl adjacent to an activating group) is 6. The summed E-state index contributed by atoms with van der Waals surface area (Å²) in [5.74, 6) is -9.57. The molecule has 22 nitrogen and oxygen atoms in total. The molecule has 11 amide bonds. The largest absolute Gasteiger partial charge is 0.417 e. The smallest absolute Gasteiger partial charge is 0.343 e. The Labute approximate surface area is 571 Å². The van der Waals surface area contributed by atoms with E-state index in [1.54, 1.807) is 34.6 Å². The SMILES string of the molecule is CC[C@H](C)[C@@H]1NC(=O)[C@H](CC(C)C)N(C)C(=O)C[C@@H](C)N(C)C(=O)[C@H](CC(C)C)NC(=O)C(C)(C)N(C)C(=O)[C@H](CC(C)C)NC(=O)[C@H](CCc2ccc(C(F)(F)F)c(Cl)c2)NC(=O)CN(C)C(=O)[C@H](Cc2ccc(C(F)(F)F)cc2)N(C)C(=O)C2CCN2C(=O)[C@H](C)N(C)C1=O. The van der Waals surface area contributed by atoms with Gasteiger partial charge in [0.1, 0.15) is 53.9 Å². The van der Waals surface area contributed by atoms with E-state index in [2.05, 4.69) is 21.3 Å². The van der Waals surface area contributed by atoms with Gasteiger partial charge >= 0.3 is 12.4 Å². The van der Waals surface area contributed by atoms with Crippen molar-refractivity contribution in [3.63, 3.8) is 0 Å². The van der Waals surface area contributed by atoms with E-state index in [1.807, 2.05) is 27.7 Å². The van der Waals surface area contributed by atoms with Gasteiger partial charge in [0.15, 0.2) is 0 Å². The van der Waals surface area contributed by atoms with Crippen LogP contribution < -0.4 is 21.3 Å². The predicted octanol–water partition coefficient (Wildman–Crippen LogP) is 6.72. The Balaban J connectivity index is 1.89. The van der Waals surface area contributed by atoms with Crippen LogP contribution in [0.5, 0.6) is 0 Å². The molecule has 2 saturated heterocycles. The zero-order valence-electron chi connectivity index (χ0n) is 59.1. The molecule has 2 aliphatic heterocycles. The molecule has 0 radical (unpaired) electrons. The van der Waals surface area contributed by atoms with E-state index in [1.165, 1.54) is 77.8 Å². The van der Waals surface area contributed by atoms with Gasteiger partial charge in [-0.25, -0.2) is 0 Å². The minimum atomic E-state index is -4.81. The van der Waals surface area contributed by atoms with Crippen LogP contribution in [0.3, 0.4) is 0 Å². The molecule has 0 aliphatic carbocycles. The number of halogens is 7. The fourth-order valence-electron chi connectivity index (χ4n) is 11.5. The molecule has 0 saturated carbocycles. The number of hydrogen-bond acceptors (Lipinski definition) is 11. The standard InChI is InChI=1S/C68H100ClF6N11O11/c1-19-40(8)56-64(96)82(15)42(10)59(91)86-29-28-51(86)63(95)84(17)53(35-44-20-24-45(25-21-44)67(70,71)72)62(94)80(13)36-54(87)76-48(27-23-43-22-26-46(47(69)34-43)68(73,74)75)57(89)77-50(31-38(4)5)61(93)85(18)66(11,12)65(97)78-49(30-37(2)3)60(92)81(14)41(9)33-55(88)83(16)52(32-39(6)7)58(90)79-56/h20-22,24-26,34,37-42,48-53,56H,19,23,27-33,35-36H2,1-18H3,(H,76,87)(H,77,89)(H,78,97)(H,79,90)/t40-,41+,42-,48-,49-,50-,51?,52-,53-,56-/m0/s1. The third-order valence-electron chi connectivity index (χ3n) is 18.6. The lowest BCUT2D eigenvalue weighted by atomic mass is 9.95. The van der Waals surface area contributed by atoms with Crippen molar-refractivity contribution < 1.29 is 79.1 Å². The van der Waals surface area contributed by atoms with Crippen molar-refractivity contribution in [2.45, 2.75) is 213 Å². The molecule has 2 aliphatic rings. The maximum absolute atomic E-state index is 14.9. The number of carbonyl (C=O) groups excluding carboxylic acids is 11. The Bertz CT molecular complexity index is 3170. The summed E-state index contributed by atoms with van der Waals surface area (Å²) in [6.07, 6.45) is -10.1. The molecule has 4 N–H and O–H groups in total. The molecule has 0 aromatic heterocycles. The van der Waals surface area contributed by atoms with Gasteiger partial charge in [-0.1, -0.05) is 91.6 Å². The maximum atomic E-state index is 14.9. The van der Waals surface area contributed by atoms with Gasteiger partial charge in [0.05, 0.1) is 22.7 Å². The highest BCUT2D eigenvalue weighted by molar-refractivity contribution is 6.31. The van der Waals surface area contributed by atoms with Crippen LogP contribution in [-0.4, -0.2) is 215 Å². The van der Waals surface area contributed by atoms with Crippen LogP contribution in [0.2, 0.25) is 5.02 Å². The second kappa shape index (κ2) is 34.3. The van der Waals surface area contributed by atoms with Crippen LogP contribution >= 0.6 is 11.6 Å². The number of alkyl halides is 6. The molecule has 4 rings (SSSR count).